The number of methoxy groups -OCH3 is 2. The van der Waals surface area contributed by atoms with Crippen molar-refractivity contribution in [2.75, 3.05) is 27.3 Å². The van der Waals surface area contributed by atoms with Crippen molar-refractivity contribution in [2.24, 2.45) is 0 Å². The standard InChI is InChI=1S/C16H19N3O4/c1-4-18-8-10(5-15(18)20)19-9-17-12-7-14(23-3)13(22-2)6-11(12)16(19)21/h6-7,9-10H,4-5,8H2,1-3H3/t10-/m0/s1. The van der Waals surface area contributed by atoms with Gasteiger partial charge in [-0.25, -0.2) is 4.98 Å². The van der Waals surface area contributed by atoms with E-state index >= 15 is 0 Å². The third-order valence-corrected chi connectivity index (χ3v) is 4.26. The van der Waals surface area contributed by atoms with E-state index in [0.717, 1.165) is 0 Å². The molecule has 23 heavy (non-hydrogen) atoms. The van der Waals surface area contributed by atoms with Gasteiger partial charge < -0.3 is 14.4 Å². The zero-order valence-electron chi connectivity index (χ0n) is 13.4. The third-order valence-electron chi connectivity index (χ3n) is 4.26. The minimum absolute atomic E-state index is 0.0665. The van der Waals surface area contributed by atoms with Gasteiger partial charge in [-0.05, 0) is 13.0 Å². The van der Waals surface area contributed by atoms with E-state index in [1.165, 1.54) is 20.5 Å². The predicted molar refractivity (Wildman–Crippen MR) is 85.0 cm³/mol. The highest BCUT2D eigenvalue weighted by Crippen LogP contribution is 2.30. The Bertz CT molecular complexity index is 815. The molecule has 1 saturated heterocycles. The maximum atomic E-state index is 12.8. The molecule has 2 aromatic rings. The van der Waals surface area contributed by atoms with Crippen LogP contribution in [0.1, 0.15) is 19.4 Å². The lowest BCUT2D eigenvalue weighted by atomic mass is 10.2. The Hall–Kier alpha value is -2.57. The lowest BCUT2D eigenvalue weighted by Crippen LogP contribution is -2.28. The number of likely N-dealkylation sites (tertiary alicyclic amines) is 1. The van der Waals surface area contributed by atoms with E-state index in [2.05, 4.69) is 4.98 Å². The molecule has 1 amide bonds. The van der Waals surface area contributed by atoms with Gasteiger partial charge in [0, 0.05) is 25.6 Å². The molecule has 0 bridgehead atoms. The minimum atomic E-state index is -0.181. The SMILES string of the molecule is CCN1C[C@@H](n2cnc3cc(OC)c(OC)cc3c2=O)CC1=O. The molecular weight excluding hydrogens is 298 g/mol. The number of likely N-dealkylation sites (N-methyl/N-ethyl adjacent to an activating group) is 1. The van der Waals surface area contributed by atoms with Crippen molar-refractivity contribution in [3.63, 3.8) is 0 Å². The van der Waals surface area contributed by atoms with Crippen LogP contribution >= 0.6 is 0 Å². The molecular formula is C16H19N3O4. The van der Waals surface area contributed by atoms with E-state index in [0.29, 0.717) is 41.9 Å². The number of nitrogens with zero attached hydrogens (tertiary/aromatic N) is 3. The van der Waals surface area contributed by atoms with Crippen LogP contribution in [0.25, 0.3) is 10.9 Å². The smallest absolute Gasteiger partial charge is 0.261 e. The maximum Gasteiger partial charge on any atom is 0.261 e. The van der Waals surface area contributed by atoms with Crippen LogP contribution in [-0.2, 0) is 4.79 Å². The van der Waals surface area contributed by atoms with Gasteiger partial charge >= 0.3 is 0 Å². The fourth-order valence-corrected chi connectivity index (χ4v) is 2.97. The number of hydrogen-bond donors (Lipinski definition) is 0. The second-order valence-corrected chi connectivity index (χ2v) is 5.47. The quantitative estimate of drug-likeness (QED) is 0.847. The molecule has 0 radical (unpaired) electrons. The Kier molecular flexibility index (Phi) is 3.94. The zero-order valence-corrected chi connectivity index (χ0v) is 13.4. The highest BCUT2D eigenvalue weighted by Gasteiger charge is 2.30. The van der Waals surface area contributed by atoms with Gasteiger partial charge in [0.2, 0.25) is 5.91 Å². The molecule has 2 heterocycles. The molecule has 0 saturated carbocycles. The summed E-state index contributed by atoms with van der Waals surface area (Å²) in [5, 5.41) is 0.451. The molecule has 1 aliphatic heterocycles. The van der Waals surface area contributed by atoms with Crippen LogP contribution < -0.4 is 15.0 Å². The summed E-state index contributed by atoms with van der Waals surface area (Å²) in [6.45, 7) is 3.12. The first-order chi connectivity index (χ1) is 11.1. The van der Waals surface area contributed by atoms with Gasteiger partial charge in [0.05, 0.1) is 37.5 Å². The summed E-state index contributed by atoms with van der Waals surface area (Å²) in [5.74, 6) is 1.07. The molecule has 1 aromatic carbocycles. The second-order valence-electron chi connectivity index (χ2n) is 5.47. The molecule has 0 spiro atoms. The van der Waals surface area contributed by atoms with Crippen molar-refractivity contribution in [1.82, 2.24) is 14.5 Å². The van der Waals surface area contributed by atoms with Crippen molar-refractivity contribution in [2.45, 2.75) is 19.4 Å². The Labute approximate surface area is 133 Å². The molecule has 0 aliphatic carbocycles. The number of ether oxygens (including phenoxy) is 2. The number of carbonyl (C=O) groups excluding carboxylic acids is 1. The van der Waals surface area contributed by atoms with Crippen LogP contribution in [0.4, 0.5) is 0 Å². The Morgan fingerprint density at radius 2 is 1.91 bits per heavy atom. The molecule has 3 rings (SSSR count). The summed E-state index contributed by atoms with van der Waals surface area (Å²) in [6, 6.07) is 3.13. The third kappa shape index (κ3) is 2.52. The van der Waals surface area contributed by atoms with E-state index in [1.54, 1.807) is 21.6 Å². The first kappa shape index (κ1) is 15.3. The highest BCUT2D eigenvalue weighted by atomic mass is 16.5. The number of aromatic nitrogens is 2. The van der Waals surface area contributed by atoms with Crippen molar-refractivity contribution < 1.29 is 14.3 Å². The molecule has 0 unspecified atom stereocenters. The molecule has 7 heteroatoms. The summed E-state index contributed by atoms with van der Waals surface area (Å²) in [6.07, 6.45) is 1.84. The number of hydrogen-bond acceptors (Lipinski definition) is 5. The molecule has 1 fully saturated rings. The van der Waals surface area contributed by atoms with Gasteiger partial charge in [-0.1, -0.05) is 0 Å². The predicted octanol–water partition coefficient (Wildman–Crippen LogP) is 1.21. The van der Waals surface area contributed by atoms with Gasteiger partial charge in [-0.2, -0.15) is 0 Å². The summed E-state index contributed by atoms with van der Waals surface area (Å²) in [4.78, 5) is 30.8. The topological polar surface area (TPSA) is 73.7 Å². The largest absolute Gasteiger partial charge is 0.493 e. The Morgan fingerprint density at radius 1 is 1.22 bits per heavy atom. The number of rotatable bonds is 4. The van der Waals surface area contributed by atoms with E-state index in [4.69, 9.17) is 9.47 Å². The first-order valence-electron chi connectivity index (χ1n) is 7.49. The summed E-state index contributed by atoms with van der Waals surface area (Å²) in [5.41, 5.74) is 0.368. The Morgan fingerprint density at radius 3 is 2.52 bits per heavy atom. The number of fused-ring (bicyclic) bond motifs is 1. The number of carbonyl (C=O) groups is 1. The van der Waals surface area contributed by atoms with Crippen LogP contribution in [-0.4, -0.2) is 47.7 Å². The second kappa shape index (κ2) is 5.91. The molecule has 0 N–H and O–H groups in total. The highest BCUT2D eigenvalue weighted by molar-refractivity contribution is 5.82. The molecule has 7 nitrogen and oxygen atoms in total. The van der Waals surface area contributed by atoms with Crippen LogP contribution in [0.2, 0.25) is 0 Å². The molecule has 1 aliphatic rings. The van der Waals surface area contributed by atoms with E-state index in [9.17, 15) is 9.59 Å². The lowest BCUT2D eigenvalue weighted by Gasteiger charge is -2.16. The van der Waals surface area contributed by atoms with E-state index in [-0.39, 0.29) is 17.5 Å². The average molecular weight is 317 g/mol. The zero-order chi connectivity index (χ0) is 16.6. The van der Waals surface area contributed by atoms with Gasteiger partial charge in [-0.15, -0.1) is 0 Å². The summed E-state index contributed by atoms with van der Waals surface area (Å²) < 4.78 is 12.0. The summed E-state index contributed by atoms with van der Waals surface area (Å²) in [7, 11) is 3.06. The van der Waals surface area contributed by atoms with Gasteiger partial charge in [0.1, 0.15) is 0 Å². The number of amides is 1. The number of benzene rings is 1. The van der Waals surface area contributed by atoms with Crippen LogP contribution in [0.15, 0.2) is 23.3 Å². The molecule has 122 valence electrons. The van der Waals surface area contributed by atoms with Crippen molar-refractivity contribution in [3.05, 3.63) is 28.8 Å². The average Bonchev–Trinajstić information content (AvgIpc) is 2.94. The van der Waals surface area contributed by atoms with Crippen LogP contribution in [0.3, 0.4) is 0 Å². The van der Waals surface area contributed by atoms with Crippen molar-refractivity contribution in [1.29, 1.82) is 0 Å². The van der Waals surface area contributed by atoms with Crippen LogP contribution in [0, 0.1) is 0 Å². The monoisotopic (exact) mass is 317 g/mol. The molecule has 1 atom stereocenters. The maximum absolute atomic E-state index is 12.8. The van der Waals surface area contributed by atoms with Crippen molar-refractivity contribution >= 4 is 16.8 Å². The minimum Gasteiger partial charge on any atom is -0.493 e. The van der Waals surface area contributed by atoms with Gasteiger partial charge in [-0.3, -0.25) is 14.2 Å². The van der Waals surface area contributed by atoms with Crippen LogP contribution in [0.5, 0.6) is 11.5 Å². The van der Waals surface area contributed by atoms with Gasteiger partial charge in [0.25, 0.3) is 5.56 Å². The summed E-state index contributed by atoms with van der Waals surface area (Å²) >= 11 is 0. The van der Waals surface area contributed by atoms with Gasteiger partial charge in [0.15, 0.2) is 11.5 Å². The van der Waals surface area contributed by atoms with E-state index in [1.807, 2.05) is 6.92 Å². The first-order valence-corrected chi connectivity index (χ1v) is 7.49. The molecule has 1 aromatic heterocycles. The fraction of sp³-hybridized carbons (Fsp3) is 0.438. The lowest BCUT2D eigenvalue weighted by molar-refractivity contribution is -0.127. The fourth-order valence-electron chi connectivity index (χ4n) is 2.97. The van der Waals surface area contributed by atoms with E-state index < -0.39 is 0 Å². The normalized spacial score (nSPS) is 17.8. The van der Waals surface area contributed by atoms with Crippen molar-refractivity contribution in [3.8, 4) is 11.5 Å². The Balaban J connectivity index is 2.09.